The largest absolute Gasteiger partial charge is 0.493 e. The summed E-state index contributed by atoms with van der Waals surface area (Å²) in [7, 11) is 0. The van der Waals surface area contributed by atoms with E-state index in [1.165, 1.54) is 11.9 Å². The zero-order chi connectivity index (χ0) is 21.5. The van der Waals surface area contributed by atoms with Gasteiger partial charge < -0.3 is 10.1 Å². The average molecular weight is 417 g/mol. The normalized spacial score (nSPS) is 14.9. The lowest BCUT2D eigenvalue weighted by Gasteiger charge is -2.31. The lowest BCUT2D eigenvalue weighted by Crippen LogP contribution is -2.37. The summed E-state index contributed by atoms with van der Waals surface area (Å²) in [4.78, 5) is 23.9. The maximum absolute atomic E-state index is 12.8. The molecule has 31 heavy (non-hydrogen) atoms. The fourth-order valence-electron chi connectivity index (χ4n) is 3.96. The van der Waals surface area contributed by atoms with Gasteiger partial charge in [-0.25, -0.2) is 9.97 Å². The molecule has 6 heteroatoms. The lowest BCUT2D eigenvalue weighted by molar-refractivity contribution is -0.121. The van der Waals surface area contributed by atoms with Gasteiger partial charge in [0.15, 0.2) is 0 Å². The van der Waals surface area contributed by atoms with Gasteiger partial charge in [0.2, 0.25) is 5.91 Å². The third-order valence-electron chi connectivity index (χ3n) is 5.59. The first-order valence-electron chi connectivity index (χ1n) is 10.8. The molecular weight excluding hydrogens is 388 g/mol. The summed E-state index contributed by atoms with van der Waals surface area (Å²) in [6.07, 6.45) is 3.18. The van der Waals surface area contributed by atoms with E-state index in [1.807, 2.05) is 37.3 Å². The molecule has 1 N–H and O–H groups in total. The number of nitrogens with one attached hydrogen (secondary N) is 1. The van der Waals surface area contributed by atoms with E-state index in [1.54, 1.807) is 6.07 Å². The second-order valence-corrected chi connectivity index (χ2v) is 7.74. The van der Waals surface area contributed by atoms with E-state index < -0.39 is 0 Å². The molecule has 0 aliphatic carbocycles. The SMILES string of the molecule is CCOc1ccccc1-c1cc(NC(=O)C2CCN(Cc3ccccc3)CC2)ncn1. The first kappa shape index (κ1) is 21.0. The zero-order valence-corrected chi connectivity index (χ0v) is 17.8. The van der Waals surface area contributed by atoms with Crippen molar-refractivity contribution in [3.05, 3.63) is 72.6 Å². The fourth-order valence-corrected chi connectivity index (χ4v) is 3.96. The molecule has 2 heterocycles. The number of carbonyl (C=O) groups excluding carboxylic acids is 1. The van der Waals surface area contributed by atoms with Crippen molar-refractivity contribution < 1.29 is 9.53 Å². The molecular formula is C25H28N4O2. The van der Waals surface area contributed by atoms with Crippen LogP contribution in [0.1, 0.15) is 25.3 Å². The molecule has 1 amide bonds. The van der Waals surface area contributed by atoms with Crippen LogP contribution in [0.3, 0.4) is 0 Å². The predicted molar refractivity (Wildman–Crippen MR) is 122 cm³/mol. The highest BCUT2D eigenvalue weighted by Gasteiger charge is 2.25. The molecule has 1 aliphatic heterocycles. The van der Waals surface area contributed by atoms with Gasteiger partial charge in [-0.1, -0.05) is 42.5 Å². The minimum atomic E-state index is 0.00106. The second kappa shape index (κ2) is 10.2. The zero-order valence-electron chi connectivity index (χ0n) is 17.8. The van der Waals surface area contributed by atoms with E-state index in [4.69, 9.17) is 4.74 Å². The number of nitrogens with zero attached hydrogens (tertiary/aromatic N) is 3. The van der Waals surface area contributed by atoms with Crippen LogP contribution in [0.15, 0.2) is 67.0 Å². The standard InChI is InChI=1S/C25H28N4O2/c1-2-31-23-11-7-6-10-21(23)22-16-24(27-18-26-22)28-25(30)20-12-14-29(15-13-20)17-19-8-4-3-5-9-19/h3-11,16,18,20H,2,12-15,17H2,1H3,(H,26,27,28,30). The topological polar surface area (TPSA) is 67.3 Å². The summed E-state index contributed by atoms with van der Waals surface area (Å²) in [6, 6.07) is 20.0. The summed E-state index contributed by atoms with van der Waals surface area (Å²) in [5.41, 5.74) is 2.93. The van der Waals surface area contributed by atoms with Gasteiger partial charge in [0.25, 0.3) is 0 Å². The van der Waals surface area contributed by atoms with Crippen molar-refractivity contribution in [2.24, 2.45) is 5.92 Å². The molecule has 6 nitrogen and oxygen atoms in total. The van der Waals surface area contributed by atoms with Crippen LogP contribution in [0.5, 0.6) is 5.75 Å². The maximum Gasteiger partial charge on any atom is 0.228 e. The number of ether oxygens (including phenoxy) is 1. The third-order valence-corrected chi connectivity index (χ3v) is 5.59. The molecule has 160 valence electrons. The molecule has 2 aromatic carbocycles. The van der Waals surface area contributed by atoms with E-state index in [9.17, 15) is 4.79 Å². The molecule has 1 aliphatic rings. The summed E-state index contributed by atoms with van der Waals surface area (Å²) < 4.78 is 5.71. The fraction of sp³-hybridized carbons (Fsp3) is 0.320. The minimum Gasteiger partial charge on any atom is -0.493 e. The number of para-hydroxylation sites is 1. The number of benzene rings is 2. The van der Waals surface area contributed by atoms with Crippen LogP contribution in [0.2, 0.25) is 0 Å². The van der Waals surface area contributed by atoms with Gasteiger partial charge in [0, 0.05) is 24.1 Å². The van der Waals surface area contributed by atoms with Crippen LogP contribution in [0.25, 0.3) is 11.3 Å². The average Bonchev–Trinajstić information content (AvgIpc) is 2.81. The minimum absolute atomic E-state index is 0.00106. The first-order valence-corrected chi connectivity index (χ1v) is 10.8. The van der Waals surface area contributed by atoms with Crippen molar-refractivity contribution in [2.75, 3.05) is 25.0 Å². The van der Waals surface area contributed by atoms with E-state index in [2.05, 4.69) is 44.5 Å². The summed E-state index contributed by atoms with van der Waals surface area (Å²) in [6.45, 7) is 5.30. The number of hydrogen-bond donors (Lipinski definition) is 1. The number of carbonyl (C=O) groups is 1. The first-order chi connectivity index (χ1) is 15.2. The smallest absolute Gasteiger partial charge is 0.228 e. The van der Waals surface area contributed by atoms with Crippen molar-refractivity contribution in [3.63, 3.8) is 0 Å². The van der Waals surface area contributed by atoms with Crippen LogP contribution < -0.4 is 10.1 Å². The number of aromatic nitrogens is 2. The Morgan fingerprint density at radius 2 is 1.81 bits per heavy atom. The van der Waals surface area contributed by atoms with Crippen LogP contribution >= 0.6 is 0 Å². The Hall–Kier alpha value is -3.25. The Morgan fingerprint density at radius 1 is 1.06 bits per heavy atom. The highest BCUT2D eigenvalue weighted by Crippen LogP contribution is 2.29. The van der Waals surface area contributed by atoms with Crippen molar-refractivity contribution in [3.8, 4) is 17.0 Å². The molecule has 1 fully saturated rings. The molecule has 0 unspecified atom stereocenters. The monoisotopic (exact) mass is 416 g/mol. The highest BCUT2D eigenvalue weighted by molar-refractivity contribution is 5.92. The quantitative estimate of drug-likeness (QED) is 0.619. The Morgan fingerprint density at radius 3 is 2.58 bits per heavy atom. The third kappa shape index (κ3) is 5.47. The molecule has 0 bridgehead atoms. The van der Waals surface area contributed by atoms with Gasteiger partial charge in [0.1, 0.15) is 17.9 Å². The van der Waals surface area contributed by atoms with Crippen LogP contribution in [-0.2, 0) is 11.3 Å². The van der Waals surface area contributed by atoms with E-state index in [-0.39, 0.29) is 11.8 Å². The van der Waals surface area contributed by atoms with E-state index in [0.29, 0.717) is 12.4 Å². The molecule has 3 aromatic rings. The van der Waals surface area contributed by atoms with Crippen molar-refractivity contribution in [1.82, 2.24) is 14.9 Å². The predicted octanol–water partition coefficient (Wildman–Crippen LogP) is 4.39. The van der Waals surface area contributed by atoms with Gasteiger partial charge in [-0.15, -0.1) is 0 Å². The molecule has 4 rings (SSSR count). The van der Waals surface area contributed by atoms with E-state index >= 15 is 0 Å². The van der Waals surface area contributed by atoms with Gasteiger partial charge in [0.05, 0.1) is 12.3 Å². The van der Waals surface area contributed by atoms with E-state index in [0.717, 1.165) is 49.5 Å². The molecule has 0 radical (unpaired) electrons. The Bertz CT molecular complexity index is 1000. The number of amides is 1. The molecule has 0 atom stereocenters. The second-order valence-electron chi connectivity index (χ2n) is 7.74. The number of likely N-dealkylation sites (tertiary alicyclic amines) is 1. The van der Waals surface area contributed by atoms with Crippen LogP contribution in [-0.4, -0.2) is 40.5 Å². The summed E-state index contributed by atoms with van der Waals surface area (Å²) >= 11 is 0. The van der Waals surface area contributed by atoms with Gasteiger partial charge in [-0.05, 0) is 50.6 Å². The number of hydrogen-bond acceptors (Lipinski definition) is 5. The molecule has 0 saturated carbocycles. The van der Waals surface area contributed by atoms with Crippen molar-refractivity contribution >= 4 is 11.7 Å². The van der Waals surface area contributed by atoms with Crippen LogP contribution in [0.4, 0.5) is 5.82 Å². The molecule has 0 spiro atoms. The molecule has 1 saturated heterocycles. The van der Waals surface area contributed by atoms with Crippen molar-refractivity contribution in [2.45, 2.75) is 26.3 Å². The number of rotatable bonds is 7. The van der Waals surface area contributed by atoms with Gasteiger partial charge >= 0.3 is 0 Å². The Labute approximate surface area is 183 Å². The number of piperidine rings is 1. The van der Waals surface area contributed by atoms with Crippen molar-refractivity contribution in [1.29, 1.82) is 0 Å². The number of anilines is 1. The Balaban J connectivity index is 1.36. The highest BCUT2D eigenvalue weighted by atomic mass is 16.5. The lowest BCUT2D eigenvalue weighted by atomic mass is 9.95. The molecule has 1 aromatic heterocycles. The summed E-state index contributed by atoms with van der Waals surface area (Å²) in [5.74, 6) is 1.32. The van der Waals surface area contributed by atoms with Gasteiger partial charge in [-0.2, -0.15) is 0 Å². The van der Waals surface area contributed by atoms with Crippen LogP contribution in [0, 0.1) is 5.92 Å². The Kier molecular flexibility index (Phi) is 6.89. The maximum atomic E-state index is 12.8. The summed E-state index contributed by atoms with van der Waals surface area (Å²) in [5, 5.41) is 2.99. The van der Waals surface area contributed by atoms with Gasteiger partial charge in [-0.3, -0.25) is 9.69 Å².